The molecule has 2 aromatic carbocycles. The number of halogens is 1. The van der Waals surface area contributed by atoms with E-state index in [1.165, 1.54) is 7.11 Å². The summed E-state index contributed by atoms with van der Waals surface area (Å²) in [4.78, 5) is 20.7. The molecule has 0 aliphatic heterocycles. The van der Waals surface area contributed by atoms with Crippen LogP contribution in [0.5, 0.6) is 0 Å². The maximum absolute atomic E-state index is 11.7. The molecule has 3 aromatic rings. The maximum atomic E-state index is 11.7. The molecule has 0 amide bonds. The first kappa shape index (κ1) is 13.7. The van der Waals surface area contributed by atoms with E-state index >= 15 is 0 Å². The molecule has 0 aliphatic carbocycles. The Morgan fingerprint density at radius 3 is 2.76 bits per heavy atom. The molecule has 4 nitrogen and oxygen atoms in total. The third-order valence-corrected chi connectivity index (χ3v) is 3.59. The minimum Gasteiger partial charge on any atom is -0.465 e. The van der Waals surface area contributed by atoms with E-state index in [0.717, 1.165) is 15.7 Å². The summed E-state index contributed by atoms with van der Waals surface area (Å²) < 4.78 is 5.74. The Morgan fingerprint density at radius 2 is 2.00 bits per heavy atom. The second kappa shape index (κ2) is 5.61. The highest BCUT2D eigenvalue weighted by Gasteiger charge is 2.12. The number of nitrogens with zero attached hydrogens (tertiary/aromatic N) is 2. The standard InChI is InChI=1S/C16H11BrN2O2/c1-21-16(20)12-6-3-7-13-15(12)18-9-14(19-13)10-4-2-5-11(17)8-10/h2-9H,1H3. The molecule has 0 radical (unpaired) electrons. The fourth-order valence-electron chi connectivity index (χ4n) is 2.10. The van der Waals surface area contributed by atoms with Crippen molar-refractivity contribution in [3.63, 3.8) is 0 Å². The summed E-state index contributed by atoms with van der Waals surface area (Å²) in [6.07, 6.45) is 1.66. The molecule has 21 heavy (non-hydrogen) atoms. The maximum Gasteiger partial charge on any atom is 0.340 e. The Morgan fingerprint density at radius 1 is 1.19 bits per heavy atom. The van der Waals surface area contributed by atoms with Gasteiger partial charge < -0.3 is 4.74 Å². The number of methoxy groups -OCH3 is 1. The van der Waals surface area contributed by atoms with Gasteiger partial charge in [0.05, 0.1) is 30.1 Å². The van der Waals surface area contributed by atoms with Crippen LogP contribution in [-0.2, 0) is 4.74 Å². The molecule has 0 saturated heterocycles. The molecule has 0 N–H and O–H groups in total. The number of rotatable bonds is 2. The van der Waals surface area contributed by atoms with Crippen molar-refractivity contribution in [3.05, 3.63) is 58.7 Å². The van der Waals surface area contributed by atoms with Gasteiger partial charge in [-0.05, 0) is 24.3 Å². The predicted molar refractivity (Wildman–Crippen MR) is 84.0 cm³/mol. The smallest absolute Gasteiger partial charge is 0.340 e. The van der Waals surface area contributed by atoms with E-state index in [9.17, 15) is 4.79 Å². The average molecular weight is 343 g/mol. The minimum absolute atomic E-state index is 0.412. The van der Waals surface area contributed by atoms with Crippen LogP contribution in [0.4, 0.5) is 0 Å². The molecule has 3 rings (SSSR count). The number of carbonyl (C=O) groups excluding carboxylic acids is 1. The molecule has 1 heterocycles. The zero-order valence-electron chi connectivity index (χ0n) is 11.2. The molecular weight excluding hydrogens is 332 g/mol. The number of fused-ring (bicyclic) bond motifs is 1. The number of hydrogen-bond acceptors (Lipinski definition) is 4. The van der Waals surface area contributed by atoms with E-state index in [1.54, 1.807) is 18.3 Å². The molecule has 0 bridgehead atoms. The molecular formula is C16H11BrN2O2. The summed E-state index contributed by atoms with van der Waals surface area (Å²) in [5.41, 5.74) is 3.34. The monoisotopic (exact) mass is 342 g/mol. The summed E-state index contributed by atoms with van der Waals surface area (Å²) in [5, 5.41) is 0. The van der Waals surface area contributed by atoms with E-state index in [1.807, 2.05) is 30.3 Å². The number of hydrogen-bond donors (Lipinski definition) is 0. The first-order valence-corrected chi connectivity index (χ1v) is 7.08. The Balaban J connectivity index is 2.16. The SMILES string of the molecule is COC(=O)c1cccc2nc(-c3cccc(Br)c3)cnc12. The van der Waals surface area contributed by atoms with Crippen LogP contribution in [0.1, 0.15) is 10.4 Å². The van der Waals surface area contributed by atoms with Crippen molar-refractivity contribution in [1.29, 1.82) is 0 Å². The van der Waals surface area contributed by atoms with Crippen LogP contribution in [0, 0.1) is 0 Å². The quantitative estimate of drug-likeness (QED) is 0.664. The summed E-state index contributed by atoms with van der Waals surface area (Å²) in [7, 11) is 1.35. The largest absolute Gasteiger partial charge is 0.465 e. The van der Waals surface area contributed by atoms with Gasteiger partial charge in [-0.1, -0.05) is 34.1 Å². The van der Waals surface area contributed by atoms with Crippen LogP contribution in [0.3, 0.4) is 0 Å². The van der Waals surface area contributed by atoms with Crippen LogP contribution >= 0.6 is 15.9 Å². The van der Waals surface area contributed by atoms with Gasteiger partial charge in [0.1, 0.15) is 5.52 Å². The van der Waals surface area contributed by atoms with E-state index in [2.05, 4.69) is 25.9 Å². The minimum atomic E-state index is -0.412. The topological polar surface area (TPSA) is 52.1 Å². The Labute approximate surface area is 129 Å². The number of para-hydroxylation sites is 1. The van der Waals surface area contributed by atoms with E-state index in [0.29, 0.717) is 16.6 Å². The van der Waals surface area contributed by atoms with Gasteiger partial charge in [0.2, 0.25) is 0 Å². The molecule has 0 fully saturated rings. The van der Waals surface area contributed by atoms with Gasteiger partial charge in [0.25, 0.3) is 0 Å². The summed E-state index contributed by atoms with van der Waals surface area (Å²) >= 11 is 3.44. The van der Waals surface area contributed by atoms with Crippen molar-refractivity contribution in [2.75, 3.05) is 7.11 Å². The lowest BCUT2D eigenvalue weighted by molar-refractivity contribution is 0.0602. The van der Waals surface area contributed by atoms with Gasteiger partial charge in [-0.25, -0.2) is 9.78 Å². The van der Waals surface area contributed by atoms with E-state index < -0.39 is 5.97 Å². The zero-order chi connectivity index (χ0) is 14.8. The third kappa shape index (κ3) is 2.64. The van der Waals surface area contributed by atoms with Gasteiger partial charge in [-0.2, -0.15) is 0 Å². The van der Waals surface area contributed by atoms with Crippen LogP contribution in [0.15, 0.2) is 53.1 Å². The Hall–Kier alpha value is -2.27. The van der Waals surface area contributed by atoms with Gasteiger partial charge in [0, 0.05) is 10.0 Å². The second-order valence-corrected chi connectivity index (χ2v) is 5.35. The highest BCUT2D eigenvalue weighted by Crippen LogP contribution is 2.23. The molecule has 0 spiro atoms. The lowest BCUT2D eigenvalue weighted by Crippen LogP contribution is -2.03. The first-order chi connectivity index (χ1) is 10.2. The van der Waals surface area contributed by atoms with E-state index in [4.69, 9.17) is 4.74 Å². The molecule has 0 unspecified atom stereocenters. The summed E-state index contributed by atoms with van der Waals surface area (Å²) in [6, 6.07) is 13.1. The van der Waals surface area contributed by atoms with Crippen molar-refractivity contribution in [1.82, 2.24) is 9.97 Å². The third-order valence-electron chi connectivity index (χ3n) is 3.10. The Kier molecular flexibility index (Phi) is 3.66. The normalized spacial score (nSPS) is 10.6. The first-order valence-electron chi connectivity index (χ1n) is 6.29. The van der Waals surface area contributed by atoms with Crippen molar-refractivity contribution in [3.8, 4) is 11.3 Å². The number of esters is 1. The molecule has 5 heteroatoms. The van der Waals surface area contributed by atoms with Gasteiger partial charge in [-0.15, -0.1) is 0 Å². The van der Waals surface area contributed by atoms with Crippen LogP contribution < -0.4 is 0 Å². The van der Waals surface area contributed by atoms with Crippen molar-refractivity contribution in [2.45, 2.75) is 0 Å². The highest BCUT2D eigenvalue weighted by molar-refractivity contribution is 9.10. The number of carbonyl (C=O) groups is 1. The Bertz CT molecular complexity index is 833. The molecule has 0 aliphatic rings. The summed E-state index contributed by atoms with van der Waals surface area (Å²) in [6.45, 7) is 0. The predicted octanol–water partition coefficient (Wildman–Crippen LogP) is 3.85. The average Bonchev–Trinajstić information content (AvgIpc) is 2.53. The number of ether oxygens (including phenoxy) is 1. The fourth-order valence-corrected chi connectivity index (χ4v) is 2.50. The van der Waals surface area contributed by atoms with Gasteiger partial charge in [-0.3, -0.25) is 4.98 Å². The molecule has 1 aromatic heterocycles. The number of aromatic nitrogens is 2. The lowest BCUT2D eigenvalue weighted by Gasteiger charge is -2.06. The highest BCUT2D eigenvalue weighted by atomic mass is 79.9. The van der Waals surface area contributed by atoms with Crippen LogP contribution in [0.2, 0.25) is 0 Å². The molecule has 0 saturated carbocycles. The van der Waals surface area contributed by atoms with Crippen molar-refractivity contribution in [2.24, 2.45) is 0 Å². The van der Waals surface area contributed by atoms with Crippen molar-refractivity contribution < 1.29 is 9.53 Å². The summed E-state index contributed by atoms with van der Waals surface area (Å²) in [5.74, 6) is -0.412. The lowest BCUT2D eigenvalue weighted by atomic mass is 10.1. The fraction of sp³-hybridized carbons (Fsp3) is 0.0625. The second-order valence-electron chi connectivity index (χ2n) is 4.43. The van der Waals surface area contributed by atoms with Gasteiger partial charge >= 0.3 is 5.97 Å². The van der Waals surface area contributed by atoms with Gasteiger partial charge in [0.15, 0.2) is 0 Å². The van der Waals surface area contributed by atoms with Crippen molar-refractivity contribution >= 4 is 32.9 Å². The van der Waals surface area contributed by atoms with Crippen LogP contribution in [-0.4, -0.2) is 23.0 Å². The molecule has 104 valence electrons. The number of benzene rings is 2. The molecule has 0 atom stereocenters. The van der Waals surface area contributed by atoms with Crippen LogP contribution in [0.25, 0.3) is 22.3 Å². The van der Waals surface area contributed by atoms with E-state index in [-0.39, 0.29) is 0 Å². The zero-order valence-corrected chi connectivity index (χ0v) is 12.8.